The van der Waals surface area contributed by atoms with Gasteiger partial charge in [-0.1, -0.05) is 44.2 Å². The number of sulfonamides is 1. The van der Waals surface area contributed by atoms with Gasteiger partial charge >= 0.3 is 0 Å². The number of hydrogen-bond acceptors (Lipinski definition) is 6. The Balaban J connectivity index is 1.58. The Labute approximate surface area is 218 Å². The van der Waals surface area contributed by atoms with Crippen molar-refractivity contribution in [2.45, 2.75) is 56.7 Å². The number of nitrogens with one attached hydrogen (secondary N) is 1. The van der Waals surface area contributed by atoms with Crippen molar-refractivity contribution in [1.82, 2.24) is 14.7 Å². The van der Waals surface area contributed by atoms with E-state index in [1.807, 2.05) is 44.2 Å². The molecule has 10 heteroatoms. The van der Waals surface area contributed by atoms with Crippen molar-refractivity contribution in [2.75, 3.05) is 20.2 Å². The Morgan fingerprint density at radius 1 is 1.08 bits per heavy atom. The lowest BCUT2D eigenvalue weighted by Gasteiger charge is -2.38. The van der Waals surface area contributed by atoms with Gasteiger partial charge in [-0.05, 0) is 54.5 Å². The molecule has 37 heavy (non-hydrogen) atoms. The van der Waals surface area contributed by atoms with E-state index in [4.69, 9.17) is 9.57 Å². The number of benzene rings is 2. The number of fused-ring (bicyclic) bond motifs is 1. The van der Waals surface area contributed by atoms with Gasteiger partial charge in [0, 0.05) is 25.6 Å². The zero-order chi connectivity index (χ0) is 26.6. The van der Waals surface area contributed by atoms with Crippen LogP contribution in [0.5, 0.6) is 5.75 Å². The van der Waals surface area contributed by atoms with Crippen LogP contribution in [0, 0.1) is 11.8 Å². The number of carbonyl (C=O) groups is 2. The van der Waals surface area contributed by atoms with Crippen LogP contribution >= 0.6 is 0 Å². The number of rotatable bonds is 9. The van der Waals surface area contributed by atoms with E-state index < -0.39 is 28.0 Å². The molecular weight excluding hydrogens is 494 g/mol. The molecule has 2 aliphatic rings. The highest BCUT2D eigenvalue weighted by molar-refractivity contribution is 7.89. The maximum Gasteiger partial charge on any atom is 0.262 e. The molecule has 2 fully saturated rings. The normalized spacial score (nSPS) is 22.1. The summed E-state index contributed by atoms with van der Waals surface area (Å²) in [5.74, 6) is 0.191. The molecule has 4 rings (SSSR count). The molecule has 2 aromatic rings. The van der Waals surface area contributed by atoms with Crippen molar-refractivity contribution in [2.24, 2.45) is 11.8 Å². The number of carbonyl (C=O) groups excluding carboxylic acids is 2. The Kier molecular flexibility index (Phi) is 8.51. The average molecular weight is 530 g/mol. The van der Waals surface area contributed by atoms with E-state index in [1.54, 1.807) is 17.0 Å². The van der Waals surface area contributed by atoms with E-state index in [2.05, 4.69) is 5.48 Å². The van der Waals surface area contributed by atoms with Gasteiger partial charge in [0.25, 0.3) is 5.91 Å². The Morgan fingerprint density at radius 3 is 2.43 bits per heavy atom. The molecular formula is C27H35N3O6S. The van der Waals surface area contributed by atoms with Crippen LogP contribution < -0.4 is 10.2 Å². The van der Waals surface area contributed by atoms with Crippen molar-refractivity contribution in [3.05, 3.63) is 60.2 Å². The number of hydroxylamine groups is 1. The van der Waals surface area contributed by atoms with Crippen LogP contribution in [-0.2, 0) is 31.1 Å². The molecule has 0 aliphatic carbocycles. The lowest BCUT2D eigenvalue weighted by atomic mass is 9.91. The average Bonchev–Trinajstić information content (AvgIpc) is 3.29. The third-order valence-electron chi connectivity index (χ3n) is 7.01. The van der Waals surface area contributed by atoms with Gasteiger partial charge < -0.3 is 9.64 Å². The van der Waals surface area contributed by atoms with E-state index in [0.29, 0.717) is 31.6 Å². The fourth-order valence-corrected chi connectivity index (χ4v) is 6.98. The van der Waals surface area contributed by atoms with E-state index in [1.165, 1.54) is 23.5 Å². The van der Waals surface area contributed by atoms with Gasteiger partial charge in [-0.2, -0.15) is 4.31 Å². The minimum atomic E-state index is -4.05. The van der Waals surface area contributed by atoms with E-state index >= 15 is 0 Å². The van der Waals surface area contributed by atoms with Crippen LogP contribution in [0.3, 0.4) is 0 Å². The summed E-state index contributed by atoms with van der Waals surface area (Å²) in [6.07, 6.45) is 1.41. The maximum atomic E-state index is 13.9. The largest absolute Gasteiger partial charge is 0.497 e. The highest BCUT2D eigenvalue weighted by Gasteiger charge is 2.52. The van der Waals surface area contributed by atoms with Gasteiger partial charge in [-0.25, -0.2) is 13.9 Å². The number of amides is 2. The van der Waals surface area contributed by atoms with Crippen molar-refractivity contribution in [1.29, 1.82) is 0 Å². The Bertz CT molecular complexity index is 1190. The molecule has 2 heterocycles. The first-order chi connectivity index (χ1) is 17.7. The van der Waals surface area contributed by atoms with Crippen LogP contribution in [0.15, 0.2) is 59.5 Å². The second-order valence-electron chi connectivity index (χ2n) is 10.1. The zero-order valence-electron chi connectivity index (χ0n) is 21.5. The van der Waals surface area contributed by atoms with Crippen LogP contribution in [-0.4, -0.2) is 61.7 Å². The van der Waals surface area contributed by atoms with E-state index in [9.17, 15) is 18.0 Å². The quantitative estimate of drug-likeness (QED) is 0.501. The first kappa shape index (κ1) is 27.1. The predicted molar refractivity (Wildman–Crippen MR) is 138 cm³/mol. The first-order valence-electron chi connectivity index (χ1n) is 12.6. The third kappa shape index (κ3) is 6.14. The molecule has 0 aromatic heterocycles. The van der Waals surface area contributed by atoms with Crippen LogP contribution in [0.2, 0.25) is 0 Å². The molecule has 3 atom stereocenters. The molecule has 0 unspecified atom stereocenters. The second-order valence-corrected chi connectivity index (χ2v) is 11.9. The number of hydrogen-bond donors (Lipinski definition) is 1. The van der Waals surface area contributed by atoms with Gasteiger partial charge in [0.1, 0.15) is 11.8 Å². The number of likely N-dealkylation sites (tertiary alicyclic amines) is 1. The summed E-state index contributed by atoms with van der Waals surface area (Å²) in [6.45, 7) is 4.95. The zero-order valence-corrected chi connectivity index (χ0v) is 22.3. The number of piperidine rings is 1. The van der Waals surface area contributed by atoms with Gasteiger partial charge in [-0.3, -0.25) is 14.4 Å². The molecule has 1 N–H and O–H groups in total. The summed E-state index contributed by atoms with van der Waals surface area (Å²) in [5.41, 5.74) is 3.35. The van der Waals surface area contributed by atoms with Crippen LogP contribution in [0.1, 0.15) is 38.7 Å². The highest BCUT2D eigenvalue weighted by atomic mass is 32.2. The van der Waals surface area contributed by atoms with Gasteiger partial charge in [0.2, 0.25) is 15.9 Å². The summed E-state index contributed by atoms with van der Waals surface area (Å²) in [5, 5.41) is 0. The number of ether oxygens (including phenoxy) is 1. The first-order valence-corrected chi connectivity index (χ1v) is 14.1. The summed E-state index contributed by atoms with van der Waals surface area (Å²) < 4.78 is 34.3. The van der Waals surface area contributed by atoms with Crippen molar-refractivity contribution in [3.63, 3.8) is 0 Å². The van der Waals surface area contributed by atoms with Crippen molar-refractivity contribution < 1.29 is 27.6 Å². The molecule has 2 amide bonds. The molecule has 2 aromatic carbocycles. The standard InChI is InChI=1S/C27H35N3O6S/c1-19(2)15-26(31)29-14-13-21-16-24(27(32)28-36-18-20-7-5-4-6-8-20)30(25(21)17-29)37(33,34)23-11-9-22(35-3)10-12-23/h4-12,19,21,24-25H,13-18H2,1-3H3,(H,28,32)/t21-,24-,25-/m0/s1. The van der Waals surface area contributed by atoms with Gasteiger partial charge in [-0.15, -0.1) is 0 Å². The maximum absolute atomic E-state index is 13.9. The molecule has 2 saturated heterocycles. The minimum absolute atomic E-state index is 0.00865. The minimum Gasteiger partial charge on any atom is -0.497 e. The van der Waals surface area contributed by atoms with Crippen molar-refractivity contribution >= 4 is 21.8 Å². The van der Waals surface area contributed by atoms with E-state index in [0.717, 1.165) is 5.56 Å². The van der Waals surface area contributed by atoms with Crippen molar-refractivity contribution in [3.8, 4) is 5.75 Å². The van der Waals surface area contributed by atoms with E-state index in [-0.39, 0.29) is 35.8 Å². The topological polar surface area (TPSA) is 105 Å². The number of methoxy groups -OCH3 is 1. The van der Waals surface area contributed by atoms with Gasteiger partial charge in [0.05, 0.1) is 18.6 Å². The lowest BCUT2D eigenvalue weighted by Crippen LogP contribution is -2.54. The van der Waals surface area contributed by atoms with Gasteiger partial charge in [0.15, 0.2) is 0 Å². The lowest BCUT2D eigenvalue weighted by molar-refractivity contribution is -0.138. The monoisotopic (exact) mass is 529 g/mol. The molecule has 0 saturated carbocycles. The fourth-order valence-electron chi connectivity index (χ4n) is 5.14. The fraction of sp³-hybridized carbons (Fsp3) is 0.481. The SMILES string of the molecule is COc1ccc(S(=O)(=O)N2[C@H](C(=O)NOCc3ccccc3)C[C@@H]3CCN(C(=O)CC(C)C)C[C@@H]32)cc1. The molecule has 2 aliphatic heterocycles. The molecule has 9 nitrogen and oxygen atoms in total. The highest BCUT2D eigenvalue weighted by Crippen LogP contribution is 2.40. The van der Waals surface area contributed by atoms with Crippen LogP contribution in [0.25, 0.3) is 0 Å². The number of nitrogens with zero attached hydrogens (tertiary/aromatic N) is 2. The summed E-state index contributed by atoms with van der Waals surface area (Å²) in [4.78, 5) is 33.4. The smallest absolute Gasteiger partial charge is 0.262 e. The molecule has 0 spiro atoms. The molecule has 0 bridgehead atoms. The Morgan fingerprint density at radius 2 is 1.78 bits per heavy atom. The summed E-state index contributed by atoms with van der Waals surface area (Å²) in [6, 6.07) is 14.1. The predicted octanol–water partition coefficient (Wildman–Crippen LogP) is 2.97. The summed E-state index contributed by atoms with van der Waals surface area (Å²) >= 11 is 0. The molecule has 200 valence electrons. The molecule has 0 radical (unpaired) electrons. The third-order valence-corrected chi connectivity index (χ3v) is 8.96. The summed E-state index contributed by atoms with van der Waals surface area (Å²) in [7, 11) is -2.55. The van der Waals surface area contributed by atoms with Crippen LogP contribution in [0.4, 0.5) is 0 Å². The Hall–Kier alpha value is -2.95. The second kappa shape index (κ2) is 11.6.